The summed E-state index contributed by atoms with van der Waals surface area (Å²) in [5.41, 5.74) is 0.716. The lowest BCUT2D eigenvalue weighted by Gasteiger charge is -2.17. The van der Waals surface area contributed by atoms with Gasteiger partial charge in [0.15, 0.2) is 0 Å². The molecule has 0 aliphatic carbocycles. The molecule has 0 fully saturated rings. The molecule has 1 N–H and O–H groups in total. The largest absolute Gasteiger partial charge is 0.497 e. The number of nitrogens with one attached hydrogen (secondary N) is 1. The van der Waals surface area contributed by atoms with Gasteiger partial charge in [0.05, 0.1) is 25.7 Å². The van der Waals surface area contributed by atoms with E-state index in [-0.39, 0.29) is 11.8 Å². The zero-order valence-electron chi connectivity index (χ0n) is 11.1. The van der Waals surface area contributed by atoms with Gasteiger partial charge in [0, 0.05) is 18.4 Å². The number of ether oxygens (including phenoxy) is 2. The summed E-state index contributed by atoms with van der Waals surface area (Å²) in [6.45, 7) is 1.81. The molecule has 0 aliphatic rings. The number of anilines is 1. The maximum atomic E-state index is 11.2. The maximum absolute atomic E-state index is 11.2. The second kappa shape index (κ2) is 5.95. The highest BCUT2D eigenvalue weighted by Crippen LogP contribution is 2.29. The smallest absolute Gasteiger partial charge is 0.149 e. The SMILES string of the molecule is COc1ccc(OC)c(NC(C)CS(C)(=O)=O)c1. The number of hydrogen-bond acceptors (Lipinski definition) is 5. The fourth-order valence-electron chi connectivity index (χ4n) is 1.69. The minimum absolute atomic E-state index is 0.0629. The van der Waals surface area contributed by atoms with E-state index in [1.54, 1.807) is 39.3 Å². The van der Waals surface area contributed by atoms with Crippen LogP contribution in [-0.4, -0.2) is 40.7 Å². The van der Waals surface area contributed by atoms with E-state index in [0.29, 0.717) is 17.2 Å². The Hall–Kier alpha value is -1.43. The summed E-state index contributed by atoms with van der Waals surface area (Å²) in [6.07, 6.45) is 1.22. The predicted molar refractivity (Wildman–Crippen MR) is 72.3 cm³/mol. The molecule has 0 saturated heterocycles. The molecule has 0 saturated carbocycles. The zero-order chi connectivity index (χ0) is 13.8. The summed E-state index contributed by atoms with van der Waals surface area (Å²) in [5, 5.41) is 3.11. The van der Waals surface area contributed by atoms with E-state index in [4.69, 9.17) is 9.47 Å². The van der Waals surface area contributed by atoms with Crippen molar-refractivity contribution < 1.29 is 17.9 Å². The van der Waals surface area contributed by atoms with Crippen LogP contribution in [0, 0.1) is 0 Å². The minimum Gasteiger partial charge on any atom is -0.497 e. The third-order valence-electron chi connectivity index (χ3n) is 2.36. The summed E-state index contributed by atoms with van der Waals surface area (Å²) in [6, 6.07) is 5.12. The van der Waals surface area contributed by atoms with Crippen molar-refractivity contribution in [3.63, 3.8) is 0 Å². The highest BCUT2D eigenvalue weighted by Gasteiger charge is 2.13. The van der Waals surface area contributed by atoms with Gasteiger partial charge in [-0.1, -0.05) is 0 Å². The molecule has 6 heteroatoms. The number of methoxy groups -OCH3 is 2. The summed E-state index contributed by atoms with van der Waals surface area (Å²) in [5.74, 6) is 1.40. The number of benzene rings is 1. The van der Waals surface area contributed by atoms with Gasteiger partial charge in [-0.15, -0.1) is 0 Å². The van der Waals surface area contributed by atoms with E-state index in [1.807, 2.05) is 0 Å². The molecule has 1 rings (SSSR count). The van der Waals surface area contributed by atoms with Crippen molar-refractivity contribution in [1.29, 1.82) is 0 Å². The molecule has 102 valence electrons. The standard InChI is InChI=1S/C12H19NO4S/c1-9(8-18(4,14)15)13-11-7-10(16-2)5-6-12(11)17-3/h5-7,9,13H,8H2,1-4H3. The topological polar surface area (TPSA) is 64.6 Å². The van der Waals surface area contributed by atoms with Crippen molar-refractivity contribution in [3.05, 3.63) is 18.2 Å². The van der Waals surface area contributed by atoms with Crippen LogP contribution in [0.3, 0.4) is 0 Å². The molecular formula is C12H19NO4S. The third kappa shape index (κ3) is 4.44. The minimum atomic E-state index is -3.01. The van der Waals surface area contributed by atoms with E-state index in [2.05, 4.69) is 5.32 Å². The van der Waals surface area contributed by atoms with Gasteiger partial charge in [-0.05, 0) is 19.1 Å². The quantitative estimate of drug-likeness (QED) is 0.852. The first kappa shape index (κ1) is 14.6. The molecule has 1 aromatic carbocycles. The Kier molecular flexibility index (Phi) is 4.84. The van der Waals surface area contributed by atoms with E-state index in [1.165, 1.54) is 6.26 Å². The maximum Gasteiger partial charge on any atom is 0.149 e. The van der Waals surface area contributed by atoms with Crippen molar-refractivity contribution in [3.8, 4) is 11.5 Å². The Morgan fingerprint density at radius 1 is 1.28 bits per heavy atom. The molecule has 0 bridgehead atoms. The summed E-state index contributed by atoms with van der Waals surface area (Å²) < 4.78 is 32.8. The molecule has 0 aliphatic heterocycles. The van der Waals surface area contributed by atoms with E-state index in [0.717, 1.165) is 0 Å². The van der Waals surface area contributed by atoms with Crippen molar-refractivity contribution in [1.82, 2.24) is 0 Å². The van der Waals surface area contributed by atoms with Gasteiger partial charge in [-0.25, -0.2) is 8.42 Å². The highest BCUT2D eigenvalue weighted by molar-refractivity contribution is 7.90. The van der Waals surface area contributed by atoms with Gasteiger partial charge in [0.2, 0.25) is 0 Å². The highest BCUT2D eigenvalue weighted by atomic mass is 32.2. The van der Waals surface area contributed by atoms with Crippen LogP contribution in [0.15, 0.2) is 18.2 Å². The lowest BCUT2D eigenvalue weighted by molar-refractivity contribution is 0.404. The number of hydrogen-bond donors (Lipinski definition) is 1. The molecular weight excluding hydrogens is 254 g/mol. The average molecular weight is 273 g/mol. The molecule has 1 aromatic rings. The summed E-state index contributed by atoms with van der Waals surface area (Å²) in [7, 11) is 0.125. The fraction of sp³-hybridized carbons (Fsp3) is 0.500. The van der Waals surface area contributed by atoms with Crippen LogP contribution in [0.1, 0.15) is 6.92 Å². The average Bonchev–Trinajstić information content (AvgIpc) is 2.26. The first-order valence-electron chi connectivity index (χ1n) is 5.52. The van der Waals surface area contributed by atoms with Gasteiger partial charge < -0.3 is 14.8 Å². The Balaban J connectivity index is 2.88. The summed E-state index contributed by atoms with van der Waals surface area (Å²) >= 11 is 0. The van der Waals surface area contributed by atoms with Gasteiger partial charge in [0.25, 0.3) is 0 Å². The van der Waals surface area contributed by atoms with Gasteiger partial charge in [-0.2, -0.15) is 0 Å². The first-order valence-corrected chi connectivity index (χ1v) is 7.58. The first-order chi connectivity index (χ1) is 8.35. The normalized spacial score (nSPS) is 12.9. The Labute approximate surface area is 108 Å². The molecule has 1 unspecified atom stereocenters. The lowest BCUT2D eigenvalue weighted by atomic mass is 10.2. The second-order valence-corrected chi connectivity index (χ2v) is 6.39. The molecule has 1 atom stereocenters. The van der Waals surface area contributed by atoms with Crippen LogP contribution >= 0.6 is 0 Å². The van der Waals surface area contributed by atoms with Crippen molar-refractivity contribution in [2.24, 2.45) is 0 Å². The van der Waals surface area contributed by atoms with Crippen LogP contribution in [0.5, 0.6) is 11.5 Å². The lowest BCUT2D eigenvalue weighted by Crippen LogP contribution is -2.25. The van der Waals surface area contributed by atoms with Crippen LogP contribution < -0.4 is 14.8 Å². The fourth-order valence-corrected chi connectivity index (χ4v) is 2.68. The van der Waals surface area contributed by atoms with Crippen LogP contribution in [-0.2, 0) is 9.84 Å². The van der Waals surface area contributed by atoms with Gasteiger partial charge in [0.1, 0.15) is 21.3 Å². The Morgan fingerprint density at radius 2 is 1.94 bits per heavy atom. The zero-order valence-corrected chi connectivity index (χ0v) is 11.9. The number of rotatable bonds is 6. The molecule has 0 radical (unpaired) electrons. The molecule has 0 aromatic heterocycles. The van der Waals surface area contributed by atoms with Gasteiger partial charge in [-0.3, -0.25) is 0 Å². The number of sulfone groups is 1. The molecule has 0 amide bonds. The third-order valence-corrected chi connectivity index (χ3v) is 3.47. The molecule has 5 nitrogen and oxygen atoms in total. The van der Waals surface area contributed by atoms with E-state index in [9.17, 15) is 8.42 Å². The van der Waals surface area contributed by atoms with E-state index < -0.39 is 9.84 Å². The van der Waals surface area contributed by atoms with Crippen molar-refractivity contribution in [2.75, 3.05) is 31.5 Å². The monoisotopic (exact) mass is 273 g/mol. The summed E-state index contributed by atoms with van der Waals surface area (Å²) in [4.78, 5) is 0. The second-order valence-electron chi connectivity index (χ2n) is 4.20. The predicted octanol–water partition coefficient (Wildman–Crippen LogP) is 1.55. The Morgan fingerprint density at radius 3 is 2.44 bits per heavy atom. The van der Waals surface area contributed by atoms with Crippen LogP contribution in [0.2, 0.25) is 0 Å². The van der Waals surface area contributed by atoms with Crippen LogP contribution in [0.25, 0.3) is 0 Å². The Bertz CT molecular complexity index is 499. The molecule has 18 heavy (non-hydrogen) atoms. The van der Waals surface area contributed by atoms with Crippen LogP contribution in [0.4, 0.5) is 5.69 Å². The van der Waals surface area contributed by atoms with Gasteiger partial charge >= 0.3 is 0 Å². The van der Waals surface area contributed by atoms with E-state index >= 15 is 0 Å². The molecule has 0 spiro atoms. The van der Waals surface area contributed by atoms with Crippen molar-refractivity contribution in [2.45, 2.75) is 13.0 Å². The van der Waals surface area contributed by atoms with Crippen molar-refractivity contribution >= 4 is 15.5 Å². The molecule has 0 heterocycles.